The van der Waals surface area contributed by atoms with Gasteiger partial charge in [0.05, 0.1) is 22.6 Å². The van der Waals surface area contributed by atoms with Gasteiger partial charge in [0, 0.05) is 0 Å². The van der Waals surface area contributed by atoms with Crippen molar-refractivity contribution < 1.29 is 0 Å². The Morgan fingerprint density at radius 3 is 1.12 bits per heavy atom. The van der Waals surface area contributed by atoms with Crippen LogP contribution in [0.25, 0.3) is 27.8 Å². The minimum Gasteiger partial charge on any atom is -0.0955 e. The lowest BCUT2D eigenvalue weighted by atomic mass is 9.83. The van der Waals surface area contributed by atoms with Crippen LogP contribution in [0.5, 0.6) is 0 Å². The molecule has 0 bridgehead atoms. The molecule has 0 fully saturated rings. The molecule has 0 heterocycles. The van der Waals surface area contributed by atoms with Crippen molar-refractivity contribution in [2.75, 3.05) is 0 Å². The summed E-state index contributed by atoms with van der Waals surface area (Å²) in [6.45, 7) is 6.13. The van der Waals surface area contributed by atoms with Crippen LogP contribution in [-0.2, 0) is 0 Å². The zero-order valence-corrected chi connectivity index (χ0v) is 19.4. The molecule has 0 spiro atoms. The van der Waals surface area contributed by atoms with Crippen LogP contribution in [0.2, 0.25) is 0 Å². The summed E-state index contributed by atoms with van der Waals surface area (Å²) in [6.07, 6.45) is 0. The lowest BCUT2D eigenvalue weighted by Gasteiger charge is -2.15. The van der Waals surface area contributed by atoms with E-state index in [9.17, 15) is 0 Å². The van der Waals surface area contributed by atoms with Gasteiger partial charge < -0.3 is 0 Å². The van der Waals surface area contributed by atoms with E-state index in [1.165, 1.54) is 50.4 Å². The van der Waals surface area contributed by atoms with Gasteiger partial charge in [0.25, 0.3) is 0 Å². The Balaban J connectivity index is 1.54. The summed E-state index contributed by atoms with van der Waals surface area (Å²) in [5.41, 5.74) is 10.8. The maximum absolute atomic E-state index is 4.09. The highest BCUT2D eigenvalue weighted by atomic mass is 14.2. The highest BCUT2D eigenvalue weighted by Gasteiger charge is 2.23. The van der Waals surface area contributed by atoms with E-state index in [1.54, 1.807) is 0 Å². The lowest BCUT2D eigenvalue weighted by molar-refractivity contribution is 1.23. The van der Waals surface area contributed by atoms with Crippen molar-refractivity contribution >= 4 is 5.57 Å². The number of hydrogen-bond acceptors (Lipinski definition) is 0. The molecule has 5 aromatic carbocycles. The molecule has 5 aromatic rings. The molecular weight excluding hydrogens is 408 g/mol. The summed E-state index contributed by atoms with van der Waals surface area (Å²) in [5.74, 6) is 1.23. The normalized spacial score (nSPS) is 10.6. The van der Waals surface area contributed by atoms with Gasteiger partial charge in [-0.25, -0.2) is 0 Å². The summed E-state index contributed by atoms with van der Waals surface area (Å²) in [6, 6.07) is 47.5. The van der Waals surface area contributed by atoms with Gasteiger partial charge in [-0.1, -0.05) is 72.8 Å². The van der Waals surface area contributed by atoms with Crippen LogP contribution in [-0.4, -0.2) is 0 Å². The fourth-order valence-electron chi connectivity index (χ4n) is 4.34. The first-order chi connectivity index (χ1) is 16.7. The molecule has 0 nitrogen and oxygen atoms in total. The molecule has 0 aliphatic rings. The van der Waals surface area contributed by atoms with Gasteiger partial charge in [-0.15, -0.1) is 0 Å². The zero-order valence-electron chi connectivity index (χ0n) is 19.4. The van der Waals surface area contributed by atoms with Gasteiger partial charge in [0.15, 0.2) is 0 Å². The molecule has 0 saturated carbocycles. The van der Waals surface area contributed by atoms with Gasteiger partial charge in [-0.05, 0) is 108 Å². The van der Waals surface area contributed by atoms with E-state index in [4.69, 9.17) is 0 Å². The second-order valence-corrected chi connectivity index (χ2v) is 8.62. The Kier molecular flexibility index (Phi) is 6.14. The molecule has 0 atom stereocenters. The van der Waals surface area contributed by atoms with Gasteiger partial charge in [-0.2, -0.15) is 0 Å². The molecular formula is C34H27+. The topological polar surface area (TPSA) is 0 Å². The molecule has 0 radical (unpaired) electrons. The predicted molar refractivity (Wildman–Crippen MR) is 145 cm³/mol. The fourth-order valence-corrected chi connectivity index (χ4v) is 4.34. The smallest absolute Gasteiger partial charge is 0.0631 e. The number of benzene rings is 5. The van der Waals surface area contributed by atoms with E-state index in [1.807, 2.05) is 6.92 Å². The lowest BCUT2D eigenvalue weighted by Crippen LogP contribution is -2.05. The van der Waals surface area contributed by atoms with Crippen molar-refractivity contribution in [1.82, 2.24) is 0 Å². The third kappa shape index (κ3) is 4.58. The first-order valence-electron chi connectivity index (χ1n) is 11.6. The Hall–Kier alpha value is -4.29. The average Bonchev–Trinajstić information content (AvgIpc) is 2.91. The summed E-state index contributed by atoms with van der Waals surface area (Å²) in [7, 11) is 0. The fraction of sp³-hybridized carbons (Fsp3) is 0.0294. The van der Waals surface area contributed by atoms with Crippen LogP contribution in [0.15, 0.2) is 140 Å². The van der Waals surface area contributed by atoms with E-state index in [0.29, 0.717) is 0 Å². The van der Waals surface area contributed by atoms with Crippen LogP contribution in [0, 0.1) is 5.92 Å². The molecule has 0 saturated heterocycles. The summed E-state index contributed by atoms with van der Waals surface area (Å²) in [4.78, 5) is 0. The van der Waals surface area contributed by atoms with Crippen LogP contribution in [0.4, 0.5) is 0 Å². The predicted octanol–water partition coefficient (Wildman–Crippen LogP) is 9.07. The summed E-state index contributed by atoms with van der Waals surface area (Å²) < 4.78 is 0. The monoisotopic (exact) mass is 435 g/mol. The highest BCUT2D eigenvalue weighted by molar-refractivity contribution is 5.69. The van der Waals surface area contributed by atoms with E-state index in [2.05, 4.69) is 140 Å². The molecule has 0 unspecified atom stereocenters. The van der Waals surface area contributed by atoms with Crippen LogP contribution in [0.1, 0.15) is 29.2 Å². The molecule has 5 rings (SSSR count). The van der Waals surface area contributed by atoms with Gasteiger partial charge in [0.1, 0.15) is 0 Å². The van der Waals surface area contributed by atoms with Crippen molar-refractivity contribution in [3.8, 4) is 22.3 Å². The Bertz CT molecular complexity index is 1280. The first kappa shape index (κ1) is 21.6. The molecule has 0 heteroatoms. The Morgan fingerprint density at radius 2 is 0.765 bits per heavy atom. The molecule has 0 aliphatic carbocycles. The number of allylic oxidation sites excluding steroid dienone is 1. The van der Waals surface area contributed by atoms with Gasteiger partial charge in [0.2, 0.25) is 0 Å². The van der Waals surface area contributed by atoms with Gasteiger partial charge >= 0.3 is 0 Å². The van der Waals surface area contributed by atoms with E-state index in [0.717, 1.165) is 5.57 Å². The zero-order chi connectivity index (χ0) is 23.3. The Labute approximate surface area is 202 Å². The van der Waals surface area contributed by atoms with Gasteiger partial charge in [-0.3, -0.25) is 0 Å². The average molecular weight is 436 g/mol. The Morgan fingerprint density at radius 1 is 0.441 bits per heavy atom. The van der Waals surface area contributed by atoms with E-state index in [-0.39, 0.29) is 0 Å². The van der Waals surface area contributed by atoms with Crippen LogP contribution < -0.4 is 0 Å². The quantitative estimate of drug-likeness (QED) is 0.184. The molecule has 34 heavy (non-hydrogen) atoms. The highest BCUT2D eigenvalue weighted by Crippen LogP contribution is 2.34. The minimum absolute atomic E-state index is 1.08. The van der Waals surface area contributed by atoms with Crippen molar-refractivity contribution in [1.29, 1.82) is 0 Å². The van der Waals surface area contributed by atoms with Crippen LogP contribution >= 0.6 is 0 Å². The van der Waals surface area contributed by atoms with Crippen molar-refractivity contribution in [2.45, 2.75) is 6.92 Å². The van der Waals surface area contributed by atoms with Crippen molar-refractivity contribution in [3.05, 3.63) is 168 Å². The number of hydrogen-bond donors (Lipinski definition) is 0. The SMILES string of the molecule is C=C(C)c1ccc([C+](c2ccc(-c3ccccc3)cc2)c2ccc(-c3ccccc3)cc2)cc1. The minimum atomic E-state index is 1.08. The second kappa shape index (κ2) is 9.68. The van der Waals surface area contributed by atoms with Crippen LogP contribution in [0.3, 0.4) is 0 Å². The second-order valence-electron chi connectivity index (χ2n) is 8.62. The largest absolute Gasteiger partial charge is 0.0955 e. The molecule has 162 valence electrons. The third-order valence-corrected chi connectivity index (χ3v) is 6.23. The maximum atomic E-state index is 4.09. The molecule has 0 N–H and O–H groups in total. The first-order valence-corrected chi connectivity index (χ1v) is 11.6. The third-order valence-electron chi connectivity index (χ3n) is 6.23. The standard InChI is InChI=1S/C34H27/c1-25(2)26-13-19-31(20-14-26)34(32-21-15-29(16-22-32)27-9-5-3-6-10-27)33-23-17-30(18-24-33)28-11-7-4-8-12-28/h3-24H,1H2,2H3/q+1. The number of rotatable bonds is 6. The molecule has 0 amide bonds. The van der Waals surface area contributed by atoms with Crippen molar-refractivity contribution in [2.24, 2.45) is 0 Å². The maximum Gasteiger partial charge on any atom is 0.0631 e. The van der Waals surface area contributed by atoms with Crippen molar-refractivity contribution in [3.63, 3.8) is 0 Å². The molecule has 0 aliphatic heterocycles. The molecule has 0 aromatic heterocycles. The summed E-state index contributed by atoms with van der Waals surface area (Å²) >= 11 is 0. The summed E-state index contributed by atoms with van der Waals surface area (Å²) in [5, 5.41) is 0. The van der Waals surface area contributed by atoms with E-state index >= 15 is 0 Å². The van der Waals surface area contributed by atoms with E-state index < -0.39 is 0 Å².